The van der Waals surface area contributed by atoms with E-state index in [0.29, 0.717) is 23.5 Å². The number of ether oxygens (including phenoxy) is 1. The second kappa shape index (κ2) is 9.75. The van der Waals surface area contributed by atoms with Gasteiger partial charge in [-0.15, -0.1) is 0 Å². The van der Waals surface area contributed by atoms with E-state index in [9.17, 15) is 19.5 Å². The van der Waals surface area contributed by atoms with E-state index in [1.54, 1.807) is 42.5 Å². The van der Waals surface area contributed by atoms with E-state index in [1.807, 2.05) is 43.3 Å². The minimum atomic E-state index is -1.02. The topological polar surface area (TPSA) is 92.7 Å². The van der Waals surface area contributed by atoms with E-state index in [0.717, 1.165) is 28.5 Å². The molecule has 0 saturated carbocycles. The Morgan fingerprint density at radius 1 is 1.03 bits per heavy atom. The second-order valence-corrected chi connectivity index (χ2v) is 8.81. The zero-order chi connectivity index (χ0) is 23.4. The first-order valence-corrected chi connectivity index (χ1v) is 11.2. The lowest BCUT2D eigenvalue weighted by molar-refractivity contribution is -0.130. The van der Waals surface area contributed by atoms with Crippen LogP contribution in [0.25, 0.3) is 11.6 Å². The van der Waals surface area contributed by atoms with Crippen molar-refractivity contribution in [2.75, 3.05) is 0 Å². The summed E-state index contributed by atoms with van der Waals surface area (Å²) in [6.07, 6.45) is 2.08. The van der Waals surface area contributed by atoms with Crippen LogP contribution in [0.1, 0.15) is 22.3 Å². The summed E-state index contributed by atoms with van der Waals surface area (Å²) in [5.41, 5.74) is 3.51. The van der Waals surface area contributed by atoms with Crippen molar-refractivity contribution >= 4 is 40.5 Å². The van der Waals surface area contributed by atoms with E-state index in [1.165, 1.54) is 0 Å². The molecule has 0 radical (unpaired) electrons. The number of carboxylic acids is 1. The van der Waals surface area contributed by atoms with E-state index >= 15 is 0 Å². The van der Waals surface area contributed by atoms with Crippen molar-refractivity contribution < 1.29 is 24.2 Å². The summed E-state index contributed by atoms with van der Waals surface area (Å²) in [4.78, 5) is 35.0. The average Bonchev–Trinajstić information content (AvgIpc) is 3.11. The molecule has 1 saturated heterocycles. The highest BCUT2D eigenvalue weighted by molar-refractivity contribution is 8.15. The third-order valence-corrected chi connectivity index (χ3v) is 6.09. The zero-order valence-electron chi connectivity index (χ0n) is 17.8. The minimum Gasteiger partial charge on any atom is -0.478 e. The number of amides is 2. The molecule has 3 aromatic carbocycles. The Bertz CT molecular complexity index is 1230. The quantitative estimate of drug-likeness (QED) is 0.368. The largest absolute Gasteiger partial charge is 0.478 e. The van der Waals surface area contributed by atoms with Crippen molar-refractivity contribution in [1.29, 1.82) is 0 Å². The smallest absolute Gasteiger partial charge is 0.336 e. The highest BCUT2D eigenvalue weighted by atomic mass is 32.2. The monoisotopic (exact) mass is 459 g/mol. The van der Waals surface area contributed by atoms with Crippen LogP contribution in [0.2, 0.25) is 0 Å². The number of thioether (sulfide) groups is 1. The highest BCUT2D eigenvalue weighted by Gasteiger charge is 2.31. The summed E-state index contributed by atoms with van der Waals surface area (Å²) in [5, 5.41) is 11.3. The number of hydrogen-bond acceptors (Lipinski definition) is 5. The number of aryl methyl sites for hydroxylation is 1. The molecule has 1 atom stereocenters. The summed E-state index contributed by atoms with van der Waals surface area (Å²) >= 11 is 0.999. The van der Waals surface area contributed by atoms with Gasteiger partial charge in [0.15, 0.2) is 0 Å². The molecule has 0 aliphatic carbocycles. The molecule has 33 heavy (non-hydrogen) atoms. The number of carbonyl (C=O) groups is 3. The Kier molecular flexibility index (Phi) is 6.60. The number of rotatable bonds is 7. The molecule has 4 rings (SSSR count). The first kappa shape index (κ1) is 22.4. The van der Waals surface area contributed by atoms with Crippen LogP contribution in [-0.2, 0) is 16.0 Å². The molecule has 0 spiro atoms. The highest BCUT2D eigenvalue weighted by Crippen LogP contribution is 2.28. The number of carboxylic acid groups (broad SMARTS) is 1. The summed E-state index contributed by atoms with van der Waals surface area (Å²) in [7, 11) is 0. The van der Waals surface area contributed by atoms with Crippen LogP contribution >= 0.6 is 11.8 Å². The first-order chi connectivity index (χ1) is 15.9. The van der Waals surface area contributed by atoms with Crippen molar-refractivity contribution in [2.24, 2.45) is 0 Å². The average molecular weight is 460 g/mol. The van der Waals surface area contributed by atoms with Gasteiger partial charge in [0.1, 0.15) is 11.5 Å². The van der Waals surface area contributed by atoms with Crippen molar-refractivity contribution in [3.05, 3.63) is 95.1 Å². The van der Waals surface area contributed by atoms with Crippen molar-refractivity contribution in [3.63, 3.8) is 0 Å². The lowest BCUT2D eigenvalue weighted by Crippen LogP contribution is -2.25. The fraction of sp³-hybridized carbons (Fsp3) is 0.115. The maximum atomic E-state index is 11.9. The standard InChI is InChI=1S/C26H21NO5S/c1-16-5-7-17(8-6-16)13-22(25(29)30)19-3-2-4-21(15-19)32-20-11-9-18(10-12-20)14-23-24(28)27-26(31)33-23/h2-13,15,23H,14H2,1H3,(H,29,30)(H,27,28,31). The van der Waals surface area contributed by atoms with Gasteiger partial charge in [-0.1, -0.05) is 65.9 Å². The maximum Gasteiger partial charge on any atom is 0.336 e. The van der Waals surface area contributed by atoms with Gasteiger partial charge in [-0.25, -0.2) is 4.79 Å². The predicted molar refractivity (Wildman–Crippen MR) is 128 cm³/mol. The lowest BCUT2D eigenvalue weighted by atomic mass is 10.0. The Morgan fingerprint density at radius 3 is 2.39 bits per heavy atom. The lowest BCUT2D eigenvalue weighted by Gasteiger charge is -2.10. The number of hydrogen-bond donors (Lipinski definition) is 2. The Balaban J connectivity index is 1.49. The van der Waals surface area contributed by atoms with Crippen molar-refractivity contribution in [1.82, 2.24) is 5.32 Å². The predicted octanol–water partition coefficient (Wildman–Crippen LogP) is 5.31. The molecule has 166 valence electrons. The Morgan fingerprint density at radius 2 is 1.76 bits per heavy atom. The number of nitrogens with one attached hydrogen (secondary N) is 1. The Hall–Kier alpha value is -3.84. The van der Waals surface area contributed by atoms with Gasteiger partial charge in [-0.2, -0.15) is 0 Å². The molecule has 7 heteroatoms. The fourth-order valence-corrected chi connectivity index (χ4v) is 4.26. The van der Waals surface area contributed by atoms with Crippen LogP contribution in [0.3, 0.4) is 0 Å². The van der Waals surface area contributed by atoms with Gasteiger partial charge in [0.05, 0.1) is 10.8 Å². The molecule has 6 nitrogen and oxygen atoms in total. The minimum absolute atomic E-state index is 0.168. The SMILES string of the molecule is Cc1ccc(C=C(C(=O)O)c2cccc(Oc3ccc(CC4SC(=O)NC4=O)cc3)c2)cc1. The number of aliphatic carboxylic acids is 1. The van der Waals surface area contributed by atoms with Gasteiger partial charge in [-0.3, -0.25) is 14.9 Å². The third kappa shape index (κ3) is 5.70. The van der Waals surface area contributed by atoms with Gasteiger partial charge < -0.3 is 9.84 Å². The van der Waals surface area contributed by atoms with Gasteiger partial charge in [-0.05, 0) is 60.4 Å². The summed E-state index contributed by atoms with van der Waals surface area (Å²) < 4.78 is 5.92. The van der Waals surface area contributed by atoms with Gasteiger partial charge in [0.2, 0.25) is 5.91 Å². The molecule has 2 amide bonds. The number of carbonyl (C=O) groups excluding carboxylic acids is 2. The molecule has 1 heterocycles. The van der Waals surface area contributed by atoms with E-state index in [-0.39, 0.29) is 16.7 Å². The molecular formula is C26H21NO5S. The van der Waals surface area contributed by atoms with Gasteiger partial charge in [0, 0.05) is 0 Å². The van der Waals surface area contributed by atoms with Crippen LogP contribution < -0.4 is 10.1 Å². The number of benzene rings is 3. The molecular weight excluding hydrogens is 438 g/mol. The van der Waals surface area contributed by atoms with Crippen molar-refractivity contribution in [2.45, 2.75) is 18.6 Å². The summed E-state index contributed by atoms with van der Waals surface area (Å²) in [5.74, 6) is -0.207. The van der Waals surface area contributed by atoms with Crippen LogP contribution in [0.5, 0.6) is 11.5 Å². The Labute approximate surface area is 195 Å². The van der Waals surface area contributed by atoms with Crippen LogP contribution in [0, 0.1) is 6.92 Å². The molecule has 1 fully saturated rings. The summed E-state index contributed by atoms with van der Waals surface area (Å²) in [6, 6.07) is 21.8. The molecule has 1 aliphatic rings. The van der Waals surface area contributed by atoms with Gasteiger partial charge in [0.25, 0.3) is 5.24 Å². The van der Waals surface area contributed by atoms with Crippen LogP contribution in [0.15, 0.2) is 72.8 Å². The molecule has 1 aliphatic heterocycles. The molecule has 0 aromatic heterocycles. The van der Waals surface area contributed by atoms with E-state index in [2.05, 4.69) is 5.32 Å². The summed E-state index contributed by atoms with van der Waals surface area (Å²) in [6.45, 7) is 1.98. The van der Waals surface area contributed by atoms with Crippen LogP contribution in [0.4, 0.5) is 4.79 Å². The normalized spacial score (nSPS) is 15.9. The van der Waals surface area contributed by atoms with Crippen molar-refractivity contribution in [3.8, 4) is 11.5 Å². The van der Waals surface area contributed by atoms with Gasteiger partial charge >= 0.3 is 5.97 Å². The van der Waals surface area contributed by atoms with E-state index in [4.69, 9.17) is 4.74 Å². The number of imide groups is 1. The molecule has 2 N–H and O–H groups in total. The van der Waals surface area contributed by atoms with Crippen LogP contribution in [-0.4, -0.2) is 27.5 Å². The zero-order valence-corrected chi connectivity index (χ0v) is 18.6. The van der Waals surface area contributed by atoms with E-state index < -0.39 is 11.2 Å². The molecule has 1 unspecified atom stereocenters. The molecule has 3 aromatic rings. The second-order valence-electron chi connectivity index (χ2n) is 7.64. The third-order valence-electron chi connectivity index (χ3n) is 5.11. The maximum absolute atomic E-state index is 11.9. The first-order valence-electron chi connectivity index (χ1n) is 10.3. The fourth-order valence-electron chi connectivity index (χ4n) is 3.40. The molecule has 0 bridgehead atoms.